The third-order valence-electron chi connectivity index (χ3n) is 4.44. The minimum atomic E-state index is -4.10. The average Bonchev–Trinajstić information content (AvgIpc) is 2.79. The molecule has 0 fully saturated rings. The molecule has 3 aromatic rings. The number of nitrogens with one attached hydrogen (secondary N) is 1. The number of nitriles is 1. The van der Waals surface area contributed by atoms with Crippen molar-refractivity contribution in [2.45, 2.75) is 11.8 Å². The number of rotatable bonds is 7. The van der Waals surface area contributed by atoms with Crippen molar-refractivity contribution in [1.82, 2.24) is 0 Å². The molecule has 8 heteroatoms. The molecule has 0 spiro atoms. The maximum Gasteiger partial charge on any atom is 0.339 e. The first-order valence-electron chi connectivity index (χ1n) is 9.50. The Balaban J connectivity index is 1.86. The van der Waals surface area contributed by atoms with Gasteiger partial charge in [0.2, 0.25) is 0 Å². The Morgan fingerprint density at radius 2 is 1.66 bits per heavy atom. The first kappa shape index (κ1) is 22.6. The van der Waals surface area contributed by atoms with Crippen molar-refractivity contribution < 1.29 is 22.1 Å². The number of para-hydroxylation sites is 1. The number of methoxy groups -OCH3 is 1. The lowest BCUT2D eigenvalue weighted by Gasteiger charge is -2.10. The Kier molecular flexibility index (Phi) is 6.93. The van der Waals surface area contributed by atoms with Crippen LogP contribution < -0.4 is 14.2 Å². The summed E-state index contributed by atoms with van der Waals surface area (Å²) in [6, 6.07) is 20.9. The van der Waals surface area contributed by atoms with Crippen molar-refractivity contribution in [3.8, 4) is 17.6 Å². The smallest absolute Gasteiger partial charge is 0.339 e. The second-order valence-electron chi connectivity index (χ2n) is 6.74. The molecule has 0 radical (unpaired) electrons. The molecule has 0 saturated heterocycles. The van der Waals surface area contributed by atoms with E-state index >= 15 is 0 Å². The van der Waals surface area contributed by atoms with E-state index in [9.17, 15) is 18.5 Å². The second kappa shape index (κ2) is 9.81. The lowest BCUT2D eigenvalue weighted by Crippen LogP contribution is -2.14. The fourth-order valence-corrected chi connectivity index (χ4v) is 3.68. The molecule has 0 saturated carbocycles. The molecule has 32 heavy (non-hydrogen) atoms. The maximum absolute atomic E-state index is 12.7. The van der Waals surface area contributed by atoms with Gasteiger partial charge in [-0.3, -0.25) is 4.79 Å². The third kappa shape index (κ3) is 5.53. The van der Waals surface area contributed by atoms with Crippen LogP contribution in [0.3, 0.4) is 0 Å². The van der Waals surface area contributed by atoms with Gasteiger partial charge in [0, 0.05) is 11.3 Å². The zero-order valence-corrected chi connectivity index (χ0v) is 18.2. The molecule has 0 aromatic heterocycles. The highest BCUT2D eigenvalue weighted by Crippen LogP contribution is 2.26. The van der Waals surface area contributed by atoms with E-state index in [0.717, 1.165) is 5.56 Å². The normalized spacial score (nSPS) is 11.3. The van der Waals surface area contributed by atoms with E-state index in [4.69, 9.17) is 8.92 Å². The van der Waals surface area contributed by atoms with Crippen molar-refractivity contribution in [2.24, 2.45) is 0 Å². The molecular weight excluding hydrogens is 428 g/mol. The van der Waals surface area contributed by atoms with Crippen LogP contribution in [-0.4, -0.2) is 21.4 Å². The van der Waals surface area contributed by atoms with Crippen LogP contribution in [0.1, 0.15) is 11.1 Å². The Hall–Kier alpha value is -4.09. The highest BCUT2D eigenvalue weighted by atomic mass is 32.2. The summed E-state index contributed by atoms with van der Waals surface area (Å²) in [6.45, 7) is 1.84. The molecule has 7 nitrogen and oxygen atoms in total. The number of hydrogen-bond acceptors (Lipinski definition) is 6. The average molecular weight is 449 g/mol. The zero-order valence-electron chi connectivity index (χ0n) is 17.4. The SMILES string of the molecule is COc1ccc(NC(=O)/C(C#N)=C/c2ccccc2OS(=O)(=O)c2ccc(C)cc2)cc1. The van der Waals surface area contributed by atoms with Gasteiger partial charge in [-0.05, 0) is 55.5 Å². The number of benzene rings is 3. The molecule has 1 amide bonds. The van der Waals surface area contributed by atoms with Crippen molar-refractivity contribution in [1.29, 1.82) is 5.26 Å². The Morgan fingerprint density at radius 1 is 1.00 bits per heavy atom. The number of carbonyl (C=O) groups excluding carboxylic acids is 1. The summed E-state index contributed by atoms with van der Waals surface area (Å²) in [6.07, 6.45) is 1.28. The van der Waals surface area contributed by atoms with Gasteiger partial charge in [-0.25, -0.2) is 0 Å². The van der Waals surface area contributed by atoms with E-state index in [2.05, 4.69) is 5.32 Å². The summed E-state index contributed by atoms with van der Waals surface area (Å²) in [5, 5.41) is 12.1. The zero-order chi connectivity index (χ0) is 23.1. The van der Waals surface area contributed by atoms with Crippen LogP contribution in [0.5, 0.6) is 11.5 Å². The summed E-state index contributed by atoms with van der Waals surface area (Å²) in [5.41, 5.74) is 1.44. The van der Waals surface area contributed by atoms with Gasteiger partial charge in [0.1, 0.15) is 28.0 Å². The number of nitrogens with zero attached hydrogens (tertiary/aromatic N) is 1. The van der Waals surface area contributed by atoms with Gasteiger partial charge < -0.3 is 14.2 Å². The largest absolute Gasteiger partial charge is 0.497 e. The highest BCUT2D eigenvalue weighted by molar-refractivity contribution is 7.87. The molecule has 1 N–H and O–H groups in total. The molecule has 0 aliphatic heterocycles. The van der Waals surface area contributed by atoms with Crippen LogP contribution >= 0.6 is 0 Å². The monoisotopic (exact) mass is 448 g/mol. The molecular formula is C24H20N2O5S. The van der Waals surface area contributed by atoms with E-state index in [-0.39, 0.29) is 21.8 Å². The van der Waals surface area contributed by atoms with E-state index in [0.29, 0.717) is 11.4 Å². The number of aryl methyl sites for hydroxylation is 1. The number of amides is 1. The Labute approximate surface area is 186 Å². The van der Waals surface area contributed by atoms with Crippen LogP contribution in [0.4, 0.5) is 5.69 Å². The van der Waals surface area contributed by atoms with Crippen LogP contribution in [0.15, 0.2) is 83.3 Å². The van der Waals surface area contributed by atoms with Crippen LogP contribution in [0, 0.1) is 18.3 Å². The summed E-state index contributed by atoms with van der Waals surface area (Å²) < 4.78 is 35.7. The quantitative estimate of drug-likeness (QED) is 0.328. The molecule has 162 valence electrons. The van der Waals surface area contributed by atoms with E-state index in [1.165, 1.54) is 31.4 Å². The van der Waals surface area contributed by atoms with Gasteiger partial charge in [-0.2, -0.15) is 13.7 Å². The third-order valence-corrected chi connectivity index (χ3v) is 5.69. The molecule has 0 aliphatic carbocycles. The summed E-state index contributed by atoms with van der Waals surface area (Å²) in [5.74, 6) is -0.0214. The van der Waals surface area contributed by atoms with Crippen LogP contribution in [-0.2, 0) is 14.9 Å². The molecule has 3 aromatic carbocycles. The summed E-state index contributed by atoms with van der Waals surface area (Å²) in [7, 11) is -2.56. The maximum atomic E-state index is 12.7. The second-order valence-corrected chi connectivity index (χ2v) is 8.29. The Morgan fingerprint density at radius 3 is 2.28 bits per heavy atom. The van der Waals surface area contributed by atoms with Crippen molar-refractivity contribution in [3.63, 3.8) is 0 Å². The fraction of sp³-hybridized carbons (Fsp3) is 0.0833. The molecule has 0 heterocycles. The van der Waals surface area contributed by atoms with Gasteiger partial charge >= 0.3 is 10.1 Å². The molecule has 0 bridgehead atoms. The first-order valence-corrected chi connectivity index (χ1v) is 10.9. The van der Waals surface area contributed by atoms with Gasteiger partial charge in [0.15, 0.2) is 0 Å². The van der Waals surface area contributed by atoms with E-state index in [1.54, 1.807) is 54.6 Å². The lowest BCUT2D eigenvalue weighted by atomic mass is 10.1. The number of hydrogen-bond donors (Lipinski definition) is 1. The summed E-state index contributed by atoms with van der Waals surface area (Å²) >= 11 is 0. The van der Waals surface area contributed by atoms with Gasteiger partial charge in [-0.1, -0.05) is 35.9 Å². The van der Waals surface area contributed by atoms with Crippen LogP contribution in [0.25, 0.3) is 6.08 Å². The van der Waals surface area contributed by atoms with Crippen LogP contribution in [0.2, 0.25) is 0 Å². The standard InChI is InChI=1S/C24H20N2O5S/c1-17-7-13-22(14-8-17)32(28,29)31-23-6-4-3-5-18(23)15-19(16-25)24(27)26-20-9-11-21(30-2)12-10-20/h3-15H,1-2H3,(H,26,27)/b19-15+. The van der Waals surface area contributed by atoms with Crippen molar-refractivity contribution >= 4 is 27.8 Å². The molecule has 0 aliphatic rings. The highest BCUT2D eigenvalue weighted by Gasteiger charge is 2.19. The predicted molar refractivity (Wildman–Crippen MR) is 121 cm³/mol. The Bertz CT molecular complexity index is 1290. The van der Waals surface area contributed by atoms with Crippen molar-refractivity contribution in [3.05, 3.63) is 89.5 Å². The van der Waals surface area contributed by atoms with E-state index < -0.39 is 16.0 Å². The van der Waals surface area contributed by atoms with Gasteiger partial charge in [0.05, 0.1) is 7.11 Å². The number of carbonyl (C=O) groups is 1. The first-order chi connectivity index (χ1) is 15.3. The minimum Gasteiger partial charge on any atom is -0.497 e. The fourth-order valence-electron chi connectivity index (χ4n) is 2.72. The molecule has 3 rings (SSSR count). The van der Waals surface area contributed by atoms with E-state index in [1.807, 2.05) is 13.0 Å². The lowest BCUT2D eigenvalue weighted by molar-refractivity contribution is -0.112. The van der Waals surface area contributed by atoms with Gasteiger partial charge in [0.25, 0.3) is 5.91 Å². The van der Waals surface area contributed by atoms with Crippen molar-refractivity contribution in [2.75, 3.05) is 12.4 Å². The summed E-state index contributed by atoms with van der Waals surface area (Å²) in [4.78, 5) is 12.6. The number of ether oxygens (including phenoxy) is 1. The molecule has 0 unspecified atom stereocenters. The molecule has 0 atom stereocenters. The topological polar surface area (TPSA) is 105 Å². The number of anilines is 1. The predicted octanol–water partition coefficient (Wildman–Crippen LogP) is 4.32. The minimum absolute atomic E-state index is 0.000335. The van der Waals surface area contributed by atoms with Gasteiger partial charge in [-0.15, -0.1) is 0 Å².